The number of likely N-dealkylation sites (N-methyl/N-ethyl adjacent to an activating group) is 1. The lowest BCUT2D eigenvalue weighted by atomic mass is 10.00. The predicted octanol–water partition coefficient (Wildman–Crippen LogP) is 0.902. The molecule has 0 bridgehead atoms. The van der Waals surface area contributed by atoms with E-state index in [1.165, 1.54) is 13.1 Å². The van der Waals surface area contributed by atoms with Gasteiger partial charge in [0.05, 0.1) is 19.2 Å². The molecule has 2 amide bonds. The Morgan fingerprint density at radius 3 is 2.73 bits per heavy atom. The molecule has 1 aromatic heterocycles. The van der Waals surface area contributed by atoms with Crippen molar-refractivity contribution in [2.75, 3.05) is 26.7 Å². The first-order chi connectivity index (χ1) is 13.9. The molecule has 1 aliphatic heterocycles. The molecule has 3 atom stereocenters. The maximum Gasteiger partial charge on any atom is 0.259 e. The molecule has 8 nitrogen and oxygen atoms in total. The third-order valence-corrected chi connectivity index (χ3v) is 5.03. The SMILES string of the molecule is CC(=O)N(C)C[C@@H]1Oc2ncc(C#CC(C)(C)O)cc2C(=O)N([C@@H](C)CO)C[C@@H]1C. The Morgan fingerprint density at radius 2 is 2.17 bits per heavy atom. The average Bonchev–Trinajstić information content (AvgIpc) is 2.67. The van der Waals surface area contributed by atoms with Gasteiger partial charge in [0.25, 0.3) is 5.91 Å². The van der Waals surface area contributed by atoms with Crippen molar-refractivity contribution in [2.24, 2.45) is 5.92 Å². The summed E-state index contributed by atoms with van der Waals surface area (Å²) in [7, 11) is 1.69. The Hall–Kier alpha value is -2.63. The molecule has 1 aromatic rings. The van der Waals surface area contributed by atoms with Crippen LogP contribution in [-0.2, 0) is 4.79 Å². The van der Waals surface area contributed by atoms with E-state index in [-0.39, 0.29) is 41.9 Å². The van der Waals surface area contributed by atoms with E-state index in [9.17, 15) is 19.8 Å². The summed E-state index contributed by atoms with van der Waals surface area (Å²) in [5.41, 5.74) is -0.476. The van der Waals surface area contributed by atoms with Crippen LogP contribution in [0.25, 0.3) is 0 Å². The van der Waals surface area contributed by atoms with Gasteiger partial charge in [-0.2, -0.15) is 0 Å². The number of nitrogens with zero attached hydrogens (tertiary/aromatic N) is 3. The summed E-state index contributed by atoms with van der Waals surface area (Å²) >= 11 is 0. The van der Waals surface area contributed by atoms with Crippen LogP contribution < -0.4 is 4.74 Å². The fraction of sp³-hybridized carbons (Fsp3) is 0.591. The fourth-order valence-electron chi connectivity index (χ4n) is 3.01. The molecule has 0 radical (unpaired) electrons. The lowest BCUT2D eigenvalue weighted by Crippen LogP contribution is -2.50. The van der Waals surface area contributed by atoms with Crippen LogP contribution in [0.2, 0.25) is 0 Å². The minimum Gasteiger partial charge on any atom is -0.472 e. The van der Waals surface area contributed by atoms with Crippen LogP contribution in [0.1, 0.15) is 50.5 Å². The van der Waals surface area contributed by atoms with E-state index in [1.54, 1.807) is 43.7 Å². The molecule has 0 unspecified atom stereocenters. The van der Waals surface area contributed by atoms with Crippen LogP contribution in [0.4, 0.5) is 0 Å². The zero-order valence-corrected chi connectivity index (χ0v) is 18.5. The molecule has 0 aliphatic carbocycles. The van der Waals surface area contributed by atoms with Gasteiger partial charge in [0, 0.05) is 38.2 Å². The molecule has 0 spiro atoms. The Kier molecular flexibility index (Phi) is 7.45. The second-order valence-corrected chi connectivity index (χ2v) is 8.41. The fourth-order valence-corrected chi connectivity index (χ4v) is 3.01. The quantitative estimate of drug-likeness (QED) is 0.706. The number of aliphatic hydroxyl groups is 2. The number of aromatic nitrogens is 1. The monoisotopic (exact) mass is 417 g/mol. The molecule has 30 heavy (non-hydrogen) atoms. The Balaban J connectivity index is 2.51. The highest BCUT2D eigenvalue weighted by atomic mass is 16.5. The highest BCUT2D eigenvalue weighted by Gasteiger charge is 2.34. The van der Waals surface area contributed by atoms with E-state index in [1.807, 2.05) is 6.92 Å². The van der Waals surface area contributed by atoms with Crippen molar-refractivity contribution < 1.29 is 24.5 Å². The molecule has 2 N–H and O–H groups in total. The lowest BCUT2D eigenvalue weighted by molar-refractivity contribution is -0.129. The first-order valence-corrected chi connectivity index (χ1v) is 9.98. The maximum absolute atomic E-state index is 13.3. The average molecular weight is 418 g/mol. The minimum absolute atomic E-state index is 0.0880. The lowest BCUT2D eigenvalue weighted by Gasteiger charge is -2.37. The van der Waals surface area contributed by atoms with E-state index in [4.69, 9.17) is 4.74 Å². The Labute approximate surface area is 177 Å². The van der Waals surface area contributed by atoms with Crippen LogP contribution >= 0.6 is 0 Å². The van der Waals surface area contributed by atoms with Gasteiger partial charge in [-0.1, -0.05) is 18.8 Å². The molecule has 0 saturated carbocycles. The number of carbonyl (C=O) groups is 2. The number of pyridine rings is 1. The zero-order chi connectivity index (χ0) is 22.6. The number of ether oxygens (including phenoxy) is 1. The van der Waals surface area contributed by atoms with E-state index >= 15 is 0 Å². The standard InChI is InChI=1S/C22H31N3O5/c1-14-11-25(15(2)13-26)21(28)18-9-17(7-8-22(4,5)29)10-23-20(18)30-19(14)12-24(6)16(3)27/h9-10,14-15,19,26,29H,11-13H2,1-6H3/t14-,15-,19-/m0/s1. The van der Waals surface area contributed by atoms with Gasteiger partial charge in [0.1, 0.15) is 17.3 Å². The molecular weight excluding hydrogens is 386 g/mol. The van der Waals surface area contributed by atoms with E-state index in [0.29, 0.717) is 18.7 Å². The summed E-state index contributed by atoms with van der Waals surface area (Å²) in [6, 6.07) is 1.19. The highest BCUT2D eigenvalue weighted by Crippen LogP contribution is 2.27. The van der Waals surface area contributed by atoms with E-state index in [0.717, 1.165) is 0 Å². The van der Waals surface area contributed by atoms with Gasteiger partial charge in [-0.05, 0) is 26.8 Å². The molecule has 0 fully saturated rings. The van der Waals surface area contributed by atoms with Crippen molar-refractivity contribution in [3.05, 3.63) is 23.4 Å². The van der Waals surface area contributed by atoms with Gasteiger partial charge in [0.2, 0.25) is 11.8 Å². The van der Waals surface area contributed by atoms with Gasteiger partial charge in [-0.3, -0.25) is 9.59 Å². The second-order valence-electron chi connectivity index (χ2n) is 8.41. The summed E-state index contributed by atoms with van der Waals surface area (Å²) in [5.74, 6) is 5.19. The smallest absolute Gasteiger partial charge is 0.259 e. The third kappa shape index (κ3) is 5.94. The summed E-state index contributed by atoms with van der Waals surface area (Å²) in [6.07, 6.45) is 1.10. The Bertz CT molecular complexity index is 853. The topological polar surface area (TPSA) is 103 Å². The highest BCUT2D eigenvalue weighted by molar-refractivity contribution is 5.97. The van der Waals surface area contributed by atoms with E-state index in [2.05, 4.69) is 16.8 Å². The third-order valence-electron chi connectivity index (χ3n) is 5.03. The summed E-state index contributed by atoms with van der Waals surface area (Å²) in [5, 5.41) is 19.5. The normalized spacial score (nSPS) is 20.1. The minimum atomic E-state index is -1.18. The van der Waals surface area contributed by atoms with Crippen molar-refractivity contribution in [1.82, 2.24) is 14.8 Å². The predicted molar refractivity (Wildman–Crippen MR) is 112 cm³/mol. The molecule has 2 heterocycles. The molecule has 1 aliphatic rings. The maximum atomic E-state index is 13.3. The van der Waals surface area contributed by atoms with Gasteiger partial charge >= 0.3 is 0 Å². The zero-order valence-electron chi connectivity index (χ0n) is 18.5. The van der Waals surface area contributed by atoms with Gasteiger partial charge in [-0.25, -0.2) is 4.98 Å². The number of rotatable bonds is 4. The number of aliphatic hydroxyl groups excluding tert-OH is 1. The molecule has 0 aromatic carbocycles. The van der Waals surface area contributed by atoms with Crippen LogP contribution in [0, 0.1) is 17.8 Å². The molecule has 2 rings (SSSR count). The van der Waals surface area contributed by atoms with Gasteiger partial charge in [0.15, 0.2) is 0 Å². The summed E-state index contributed by atoms with van der Waals surface area (Å²) in [4.78, 5) is 32.4. The van der Waals surface area contributed by atoms with Crippen LogP contribution in [0.3, 0.4) is 0 Å². The number of hydrogen-bond acceptors (Lipinski definition) is 6. The molecule has 8 heteroatoms. The van der Waals surface area contributed by atoms with Gasteiger partial charge in [-0.15, -0.1) is 0 Å². The van der Waals surface area contributed by atoms with Crippen molar-refractivity contribution >= 4 is 11.8 Å². The summed E-state index contributed by atoms with van der Waals surface area (Å²) < 4.78 is 6.09. The van der Waals surface area contributed by atoms with Crippen molar-refractivity contribution in [2.45, 2.75) is 52.4 Å². The number of hydrogen-bond donors (Lipinski definition) is 2. The van der Waals surface area contributed by atoms with Gasteiger partial charge < -0.3 is 24.7 Å². The second kappa shape index (κ2) is 9.45. The van der Waals surface area contributed by atoms with Crippen molar-refractivity contribution in [3.8, 4) is 17.7 Å². The molecule has 164 valence electrons. The number of amides is 2. The van der Waals surface area contributed by atoms with Crippen LogP contribution in [-0.4, -0.2) is 81.3 Å². The Morgan fingerprint density at radius 1 is 1.50 bits per heavy atom. The first kappa shape index (κ1) is 23.6. The van der Waals surface area contributed by atoms with Crippen molar-refractivity contribution in [1.29, 1.82) is 0 Å². The van der Waals surface area contributed by atoms with E-state index < -0.39 is 11.6 Å². The number of carbonyl (C=O) groups excluding carboxylic acids is 2. The largest absolute Gasteiger partial charge is 0.472 e. The molecule has 0 saturated heterocycles. The van der Waals surface area contributed by atoms with Crippen LogP contribution in [0.5, 0.6) is 5.88 Å². The van der Waals surface area contributed by atoms with Crippen molar-refractivity contribution in [3.63, 3.8) is 0 Å². The first-order valence-electron chi connectivity index (χ1n) is 9.98. The molecular formula is C22H31N3O5. The van der Waals surface area contributed by atoms with Crippen LogP contribution in [0.15, 0.2) is 12.3 Å². The number of fused-ring (bicyclic) bond motifs is 1. The summed E-state index contributed by atoms with van der Waals surface area (Å²) in [6.45, 7) is 8.85.